The molecule has 1 unspecified atom stereocenters. The van der Waals surface area contributed by atoms with Crippen molar-refractivity contribution in [2.45, 2.75) is 19.1 Å². The van der Waals surface area contributed by atoms with Crippen molar-refractivity contribution in [2.24, 2.45) is 0 Å². The van der Waals surface area contributed by atoms with Crippen LogP contribution in [0.5, 0.6) is 17.5 Å². The molecule has 9 heteroatoms. The number of phenolic OH excluding ortho intramolecular Hbond substituents is 1. The maximum atomic E-state index is 10.0. The van der Waals surface area contributed by atoms with Crippen LogP contribution in [0, 0.1) is 0 Å². The largest absolute Gasteiger partial charge is 0.506 e. The van der Waals surface area contributed by atoms with E-state index in [1.807, 2.05) is 0 Å². The summed E-state index contributed by atoms with van der Waals surface area (Å²) in [6, 6.07) is 4.37. The molecular formula is C16H17N5O4. The molecule has 3 N–H and O–H groups in total. The van der Waals surface area contributed by atoms with Crippen LogP contribution in [0.4, 0.5) is 11.5 Å². The van der Waals surface area contributed by atoms with E-state index in [2.05, 4.69) is 20.3 Å². The highest BCUT2D eigenvalue weighted by atomic mass is 16.5. The summed E-state index contributed by atoms with van der Waals surface area (Å²) in [6.07, 6.45) is 3.28. The number of hydrogen-bond acceptors (Lipinski definition) is 8. The number of methoxy groups -OCH3 is 1. The first-order chi connectivity index (χ1) is 12.2. The standard InChI is InChI=1S/C16H17N5O4/c1-24-9-4-5-11(22)10(7-9)18-14-13-15(20-16(23)19-14)21(8-17-13)12-3-2-6-25-12/h4-5,7-8,12,22H,2-3,6H2,1H3,(H2,18,19,20,23). The first-order valence-corrected chi connectivity index (χ1v) is 7.85. The molecule has 0 spiro atoms. The van der Waals surface area contributed by atoms with Gasteiger partial charge in [-0.3, -0.25) is 4.57 Å². The zero-order chi connectivity index (χ0) is 17.4. The molecule has 9 nitrogen and oxygen atoms in total. The molecule has 0 saturated carbocycles. The molecule has 1 saturated heterocycles. The Hall–Kier alpha value is -3.07. The Morgan fingerprint density at radius 2 is 2.20 bits per heavy atom. The number of fused-ring (bicyclic) bond motifs is 1. The molecule has 2 aromatic heterocycles. The third kappa shape index (κ3) is 2.78. The van der Waals surface area contributed by atoms with E-state index >= 15 is 0 Å². The summed E-state index contributed by atoms with van der Waals surface area (Å²) in [5.74, 6) is 0.869. The van der Waals surface area contributed by atoms with Gasteiger partial charge in [-0.1, -0.05) is 0 Å². The zero-order valence-corrected chi connectivity index (χ0v) is 13.5. The average Bonchev–Trinajstić information content (AvgIpc) is 3.25. The van der Waals surface area contributed by atoms with E-state index < -0.39 is 6.01 Å². The van der Waals surface area contributed by atoms with Gasteiger partial charge in [0.1, 0.15) is 17.7 Å². The predicted molar refractivity (Wildman–Crippen MR) is 89.2 cm³/mol. The number of benzene rings is 1. The van der Waals surface area contributed by atoms with Crippen LogP contribution in [0.1, 0.15) is 19.1 Å². The molecule has 1 aliphatic rings. The molecule has 0 radical (unpaired) electrons. The van der Waals surface area contributed by atoms with Crippen LogP contribution in [0.2, 0.25) is 0 Å². The number of rotatable bonds is 4. The van der Waals surface area contributed by atoms with Crippen molar-refractivity contribution in [3.63, 3.8) is 0 Å². The molecule has 1 atom stereocenters. The minimum atomic E-state index is -0.392. The van der Waals surface area contributed by atoms with E-state index in [0.717, 1.165) is 12.8 Å². The Labute approximate surface area is 142 Å². The van der Waals surface area contributed by atoms with Gasteiger partial charge < -0.3 is 25.0 Å². The van der Waals surface area contributed by atoms with E-state index in [-0.39, 0.29) is 17.8 Å². The first-order valence-electron chi connectivity index (χ1n) is 7.85. The van der Waals surface area contributed by atoms with Crippen molar-refractivity contribution in [1.29, 1.82) is 0 Å². The Morgan fingerprint density at radius 3 is 2.96 bits per heavy atom. The lowest BCUT2D eigenvalue weighted by atomic mass is 10.2. The molecule has 3 aromatic rings. The molecule has 3 heterocycles. The van der Waals surface area contributed by atoms with Crippen molar-refractivity contribution in [2.75, 3.05) is 19.0 Å². The van der Waals surface area contributed by atoms with Crippen LogP contribution < -0.4 is 10.1 Å². The molecule has 1 fully saturated rings. The summed E-state index contributed by atoms with van der Waals surface area (Å²) in [4.78, 5) is 12.4. The lowest BCUT2D eigenvalue weighted by Gasteiger charge is -2.12. The van der Waals surface area contributed by atoms with E-state index in [0.29, 0.717) is 29.2 Å². The maximum absolute atomic E-state index is 10.0. The Balaban J connectivity index is 1.77. The highest BCUT2D eigenvalue weighted by Crippen LogP contribution is 2.34. The van der Waals surface area contributed by atoms with E-state index in [9.17, 15) is 10.2 Å². The van der Waals surface area contributed by atoms with Crippen LogP contribution in [-0.2, 0) is 4.74 Å². The number of imidazole rings is 1. The van der Waals surface area contributed by atoms with Crippen molar-refractivity contribution >= 4 is 22.7 Å². The van der Waals surface area contributed by atoms with Crippen molar-refractivity contribution in [1.82, 2.24) is 19.5 Å². The minimum Gasteiger partial charge on any atom is -0.506 e. The van der Waals surface area contributed by atoms with Gasteiger partial charge in [0, 0.05) is 12.7 Å². The van der Waals surface area contributed by atoms with Gasteiger partial charge in [0.15, 0.2) is 17.0 Å². The van der Waals surface area contributed by atoms with E-state index in [1.165, 1.54) is 13.2 Å². The second-order valence-corrected chi connectivity index (χ2v) is 5.67. The molecule has 4 rings (SSSR count). The number of anilines is 2. The van der Waals surface area contributed by atoms with E-state index in [1.54, 1.807) is 23.0 Å². The summed E-state index contributed by atoms with van der Waals surface area (Å²) >= 11 is 0. The second kappa shape index (κ2) is 6.10. The van der Waals surface area contributed by atoms with Crippen molar-refractivity contribution in [3.05, 3.63) is 24.5 Å². The van der Waals surface area contributed by atoms with Crippen molar-refractivity contribution in [3.8, 4) is 17.5 Å². The van der Waals surface area contributed by atoms with Gasteiger partial charge in [-0.05, 0) is 25.0 Å². The molecule has 0 amide bonds. The summed E-state index contributed by atoms with van der Waals surface area (Å²) in [5, 5.41) is 22.9. The van der Waals surface area contributed by atoms with Crippen LogP contribution >= 0.6 is 0 Å². The van der Waals surface area contributed by atoms with Crippen LogP contribution in [0.25, 0.3) is 11.2 Å². The fraction of sp³-hybridized carbons (Fsp3) is 0.312. The number of phenols is 1. The smallest absolute Gasteiger partial charge is 0.318 e. The summed E-state index contributed by atoms with van der Waals surface area (Å²) in [5.41, 5.74) is 1.31. The van der Waals surface area contributed by atoms with Crippen LogP contribution in [0.15, 0.2) is 24.5 Å². The van der Waals surface area contributed by atoms with Gasteiger partial charge in [0.2, 0.25) is 0 Å². The number of aromatic nitrogens is 4. The fourth-order valence-electron chi connectivity index (χ4n) is 2.85. The third-order valence-electron chi connectivity index (χ3n) is 4.08. The molecule has 1 aromatic carbocycles. The first kappa shape index (κ1) is 15.5. The highest BCUT2D eigenvalue weighted by molar-refractivity contribution is 5.86. The number of ether oxygens (including phenoxy) is 2. The Bertz CT molecular complexity index is 920. The number of nitrogens with one attached hydrogen (secondary N) is 1. The lowest BCUT2D eigenvalue weighted by Crippen LogP contribution is -2.07. The second-order valence-electron chi connectivity index (χ2n) is 5.67. The van der Waals surface area contributed by atoms with Gasteiger partial charge in [0.25, 0.3) is 0 Å². The monoisotopic (exact) mass is 343 g/mol. The summed E-state index contributed by atoms with van der Waals surface area (Å²) < 4.78 is 12.6. The number of hydrogen-bond donors (Lipinski definition) is 3. The van der Waals surface area contributed by atoms with Gasteiger partial charge in [-0.2, -0.15) is 9.97 Å². The molecule has 0 bridgehead atoms. The van der Waals surface area contributed by atoms with Gasteiger partial charge >= 0.3 is 6.01 Å². The average molecular weight is 343 g/mol. The maximum Gasteiger partial charge on any atom is 0.318 e. The topological polar surface area (TPSA) is 115 Å². The van der Waals surface area contributed by atoms with Crippen LogP contribution in [0.3, 0.4) is 0 Å². The SMILES string of the molecule is COc1ccc(O)c(Nc2nc(O)nc3c2ncn3C2CCCO2)c1. The zero-order valence-electron chi connectivity index (χ0n) is 13.5. The number of nitrogens with zero attached hydrogens (tertiary/aromatic N) is 4. The van der Waals surface area contributed by atoms with Gasteiger partial charge in [-0.25, -0.2) is 4.98 Å². The molecular weight excluding hydrogens is 326 g/mol. The molecule has 130 valence electrons. The summed E-state index contributed by atoms with van der Waals surface area (Å²) in [6.45, 7) is 0.685. The van der Waals surface area contributed by atoms with Gasteiger partial charge in [0.05, 0.1) is 19.1 Å². The number of aromatic hydroxyl groups is 2. The third-order valence-corrected chi connectivity index (χ3v) is 4.08. The van der Waals surface area contributed by atoms with Crippen molar-refractivity contribution < 1.29 is 19.7 Å². The van der Waals surface area contributed by atoms with Gasteiger partial charge in [-0.15, -0.1) is 0 Å². The molecule has 1 aliphatic heterocycles. The highest BCUT2D eigenvalue weighted by Gasteiger charge is 2.22. The lowest BCUT2D eigenvalue weighted by molar-refractivity contribution is 0.0592. The Kier molecular flexibility index (Phi) is 3.77. The Morgan fingerprint density at radius 1 is 1.32 bits per heavy atom. The predicted octanol–water partition coefficient (Wildman–Crippen LogP) is 2.30. The minimum absolute atomic E-state index is 0.0191. The summed E-state index contributed by atoms with van der Waals surface area (Å²) in [7, 11) is 1.54. The van der Waals surface area contributed by atoms with Crippen LogP contribution in [-0.4, -0.2) is 43.4 Å². The van der Waals surface area contributed by atoms with E-state index in [4.69, 9.17) is 9.47 Å². The quantitative estimate of drug-likeness (QED) is 0.618. The fourth-order valence-corrected chi connectivity index (χ4v) is 2.85. The normalized spacial score (nSPS) is 17.1. The molecule has 0 aliphatic carbocycles. The molecule has 25 heavy (non-hydrogen) atoms.